The predicted molar refractivity (Wildman–Crippen MR) is 98.8 cm³/mol. The lowest BCUT2D eigenvalue weighted by Gasteiger charge is -2.14. The summed E-state index contributed by atoms with van der Waals surface area (Å²) >= 11 is 0. The van der Waals surface area contributed by atoms with Crippen molar-refractivity contribution in [2.75, 3.05) is 19.8 Å². The molecule has 0 radical (unpaired) electrons. The van der Waals surface area contributed by atoms with Gasteiger partial charge in [0.15, 0.2) is 0 Å². The molecule has 0 unspecified atom stereocenters. The smallest absolute Gasteiger partial charge is 0.120 e. The predicted octanol–water partition coefficient (Wildman–Crippen LogP) is 4.31. The Morgan fingerprint density at radius 2 is 1.40 bits per heavy atom. The molecule has 144 valence electrons. The number of hydrogen-bond donors (Lipinski definition) is 0. The Hall–Kier alpha value is -1.14. The van der Waals surface area contributed by atoms with E-state index in [2.05, 4.69) is 6.07 Å². The summed E-state index contributed by atoms with van der Waals surface area (Å²) in [6.45, 7) is 14.1. The van der Waals surface area contributed by atoms with Gasteiger partial charge in [-0.05, 0) is 71.2 Å². The summed E-state index contributed by atoms with van der Waals surface area (Å²) in [5.41, 5.74) is 2.23. The molecule has 0 saturated heterocycles. The van der Waals surface area contributed by atoms with E-state index < -0.39 is 0 Å². The molecule has 0 amide bonds. The second kappa shape index (κ2) is 12.3. The van der Waals surface area contributed by atoms with Gasteiger partial charge in [0.1, 0.15) is 12.4 Å². The molecule has 1 aromatic carbocycles. The first-order valence-corrected chi connectivity index (χ1v) is 9.14. The summed E-state index contributed by atoms with van der Waals surface area (Å²) in [5.74, 6) is 0.831. The number of rotatable bonds is 13. The molecule has 0 spiro atoms. The molecule has 0 aliphatic rings. The van der Waals surface area contributed by atoms with E-state index >= 15 is 0 Å². The van der Waals surface area contributed by atoms with Gasteiger partial charge in [-0.3, -0.25) is 0 Å². The van der Waals surface area contributed by atoms with E-state index in [9.17, 15) is 0 Å². The molecule has 0 saturated carbocycles. The Kier molecular flexibility index (Phi) is 10.7. The molecule has 0 fully saturated rings. The van der Waals surface area contributed by atoms with Crippen molar-refractivity contribution in [3.8, 4) is 5.75 Å². The SMILES string of the molecule is CC(C)OCCOc1cc(CCOOC(C)C)cc(COC(C)C)c1. The fraction of sp³-hybridized carbons (Fsp3) is 0.700. The Morgan fingerprint density at radius 1 is 0.720 bits per heavy atom. The monoisotopic (exact) mass is 354 g/mol. The molecule has 1 aromatic rings. The first kappa shape index (κ1) is 21.9. The molecule has 0 heterocycles. The average Bonchev–Trinajstić information content (AvgIpc) is 2.53. The van der Waals surface area contributed by atoms with Crippen molar-refractivity contribution in [3.05, 3.63) is 29.3 Å². The van der Waals surface area contributed by atoms with Crippen molar-refractivity contribution in [1.29, 1.82) is 0 Å². The van der Waals surface area contributed by atoms with Gasteiger partial charge in [-0.2, -0.15) is 0 Å². The van der Waals surface area contributed by atoms with Crippen molar-refractivity contribution >= 4 is 0 Å². The van der Waals surface area contributed by atoms with E-state index in [1.54, 1.807) is 0 Å². The van der Waals surface area contributed by atoms with Crippen molar-refractivity contribution in [3.63, 3.8) is 0 Å². The van der Waals surface area contributed by atoms with Crippen LogP contribution in [0.25, 0.3) is 0 Å². The maximum Gasteiger partial charge on any atom is 0.120 e. The van der Waals surface area contributed by atoms with E-state index in [-0.39, 0.29) is 18.3 Å². The van der Waals surface area contributed by atoms with Gasteiger partial charge in [0.05, 0.1) is 38.1 Å². The second-order valence-electron chi connectivity index (χ2n) is 6.83. The van der Waals surface area contributed by atoms with Gasteiger partial charge in [-0.15, -0.1) is 0 Å². The van der Waals surface area contributed by atoms with Gasteiger partial charge in [0.2, 0.25) is 0 Å². The maximum atomic E-state index is 5.84. The normalized spacial score (nSPS) is 11.7. The van der Waals surface area contributed by atoms with E-state index in [1.807, 2.05) is 53.7 Å². The van der Waals surface area contributed by atoms with E-state index in [0.717, 1.165) is 23.3 Å². The van der Waals surface area contributed by atoms with Crippen LogP contribution in [0.3, 0.4) is 0 Å². The molecule has 25 heavy (non-hydrogen) atoms. The highest BCUT2D eigenvalue weighted by Crippen LogP contribution is 2.19. The third-order valence-electron chi connectivity index (χ3n) is 3.15. The van der Waals surface area contributed by atoms with Crippen LogP contribution < -0.4 is 4.74 Å². The van der Waals surface area contributed by atoms with Gasteiger partial charge >= 0.3 is 0 Å². The van der Waals surface area contributed by atoms with Crippen LogP contribution in [-0.2, 0) is 32.3 Å². The molecular weight excluding hydrogens is 320 g/mol. The lowest BCUT2D eigenvalue weighted by molar-refractivity contribution is -0.316. The zero-order valence-corrected chi connectivity index (χ0v) is 16.5. The standard InChI is InChI=1S/C20H34O5/c1-15(2)21-9-10-22-20-12-18(7-8-24-25-17(5)6)11-19(13-20)14-23-16(3)4/h11-13,15-17H,7-10,14H2,1-6H3. The van der Waals surface area contributed by atoms with Crippen molar-refractivity contribution < 1.29 is 24.0 Å². The van der Waals surface area contributed by atoms with Gasteiger partial charge in [-0.1, -0.05) is 6.07 Å². The zero-order valence-electron chi connectivity index (χ0n) is 16.5. The molecule has 0 aromatic heterocycles. The lowest BCUT2D eigenvalue weighted by Crippen LogP contribution is -2.12. The van der Waals surface area contributed by atoms with Gasteiger partial charge in [0, 0.05) is 0 Å². The van der Waals surface area contributed by atoms with Crippen molar-refractivity contribution in [2.45, 2.75) is 72.9 Å². The van der Waals surface area contributed by atoms with Crippen LogP contribution in [0.4, 0.5) is 0 Å². The minimum Gasteiger partial charge on any atom is -0.491 e. The fourth-order valence-corrected chi connectivity index (χ4v) is 2.09. The van der Waals surface area contributed by atoms with Gasteiger partial charge in [0.25, 0.3) is 0 Å². The fourth-order valence-electron chi connectivity index (χ4n) is 2.09. The summed E-state index contributed by atoms with van der Waals surface area (Å²) < 4.78 is 17.1. The molecule has 0 bridgehead atoms. The molecule has 5 nitrogen and oxygen atoms in total. The third-order valence-corrected chi connectivity index (χ3v) is 3.15. The Labute approximate surface area is 152 Å². The number of hydrogen-bond acceptors (Lipinski definition) is 5. The summed E-state index contributed by atoms with van der Waals surface area (Å²) in [7, 11) is 0. The molecule has 1 rings (SSSR count). The summed E-state index contributed by atoms with van der Waals surface area (Å²) in [6.07, 6.45) is 1.21. The van der Waals surface area contributed by atoms with Gasteiger partial charge in [-0.25, -0.2) is 9.78 Å². The molecule has 0 atom stereocenters. The van der Waals surface area contributed by atoms with E-state index in [1.165, 1.54) is 0 Å². The van der Waals surface area contributed by atoms with E-state index in [4.69, 9.17) is 24.0 Å². The van der Waals surface area contributed by atoms with Crippen molar-refractivity contribution in [2.24, 2.45) is 0 Å². The first-order chi connectivity index (χ1) is 11.9. The van der Waals surface area contributed by atoms with Crippen LogP contribution in [0.2, 0.25) is 0 Å². The highest BCUT2D eigenvalue weighted by molar-refractivity contribution is 5.34. The quantitative estimate of drug-likeness (QED) is 0.300. The zero-order chi connectivity index (χ0) is 18.7. The van der Waals surface area contributed by atoms with E-state index in [0.29, 0.717) is 26.4 Å². The number of ether oxygens (including phenoxy) is 3. The topological polar surface area (TPSA) is 46.2 Å². The lowest BCUT2D eigenvalue weighted by atomic mass is 10.1. The summed E-state index contributed by atoms with van der Waals surface area (Å²) in [5, 5.41) is 0. The largest absolute Gasteiger partial charge is 0.491 e. The Bertz CT molecular complexity index is 437. The highest BCUT2D eigenvalue weighted by Gasteiger charge is 2.06. The molecule has 5 heteroatoms. The van der Waals surface area contributed by atoms with Crippen molar-refractivity contribution in [1.82, 2.24) is 0 Å². The Morgan fingerprint density at radius 3 is 2.04 bits per heavy atom. The van der Waals surface area contributed by atoms with Crippen LogP contribution in [-0.4, -0.2) is 38.1 Å². The molecular formula is C20H34O5. The minimum absolute atomic E-state index is 0.0608. The number of benzene rings is 1. The van der Waals surface area contributed by atoms with Crippen LogP contribution in [0.15, 0.2) is 18.2 Å². The second-order valence-corrected chi connectivity index (χ2v) is 6.83. The molecule has 0 aliphatic carbocycles. The summed E-state index contributed by atoms with van der Waals surface area (Å²) in [6, 6.07) is 6.18. The minimum atomic E-state index is 0.0608. The summed E-state index contributed by atoms with van der Waals surface area (Å²) in [4.78, 5) is 10.3. The maximum absolute atomic E-state index is 5.84. The van der Waals surface area contributed by atoms with Crippen LogP contribution in [0.5, 0.6) is 5.75 Å². The van der Waals surface area contributed by atoms with Crippen LogP contribution in [0.1, 0.15) is 52.7 Å². The molecule has 0 aliphatic heterocycles. The first-order valence-electron chi connectivity index (χ1n) is 9.14. The highest BCUT2D eigenvalue weighted by atomic mass is 17.2. The van der Waals surface area contributed by atoms with Crippen LogP contribution >= 0.6 is 0 Å². The van der Waals surface area contributed by atoms with Crippen LogP contribution in [0, 0.1) is 0 Å². The average molecular weight is 354 g/mol. The third kappa shape index (κ3) is 11.2. The Balaban J connectivity index is 2.62. The van der Waals surface area contributed by atoms with Gasteiger partial charge < -0.3 is 14.2 Å². The molecule has 0 N–H and O–H groups in total.